The molecule has 0 aliphatic carbocycles. The molecule has 0 saturated carbocycles. The van der Waals surface area contributed by atoms with Gasteiger partial charge in [0, 0.05) is 30.4 Å². The fourth-order valence-electron chi connectivity index (χ4n) is 2.02. The highest BCUT2D eigenvalue weighted by Crippen LogP contribution is 2.32. The maximum Gasteiger partial charge on any atom is 0.294 e. The molecule has 0 bridgehead atoms. The van der Waals surface area contributed by atoms with Gasteiger partial charge < -0.3 is 21.5 Å². The largest absolute Gasteiger partial charge is 0.397 e. The second kappa shape index (κ2) is 7.24. The maximum atomic E-state index is 11.2. The average Bonchev–Trinajstić information content (AvgIpc) is 2.55. The number of benzene rings is 2. The average molecular weight is 333 g/mol. The Bertz CT molecular complexity index is 780. The van der Waals surface area contributed by atoms with Crippen molar-refractivity contribution >= 4 is 34.1 Å². The van der Waals surface area contributed by atoms with Gasteiger partial charge in [-0.3, -0.25) is 20.2 Å². The summed E-state index contributed by atoms with van der Waals surface area (Å²) in [4.78, 5) is 20.9. The molecule has 0 heterocycles. The summed E-state index contributed by atoms with van der Waals surface area (Å²) in [6.45, 7) is 0.00676. The number of rotatable bonds is 7. The van der Waals surface area contributed by atoms with Crippen molar-refractivity contribution in [1.82, 2.24) is 0 Å². The van der Waals surface area contributed by atoms with Gasteiger partial charge in [0.2, 0.25) is 0 Å². The lowest BCUT2D eigenvalue weighted by Gasteiger charge is -2.11. The Morgan fingerprint density at radius 3 is 2.42 bits per heavy atom. The van der Waals surface area contributed by atoms with Gasteiger partial charge in [-0.15, -0.1) is 0 Å². The van der Waals surface area contributed by atoms with Crippen LogP contribution < -0.4 is 16.4 Å². The van der Waals surface area contributed by atoms with E-state index in [1.807, 2.05) is 0 Å². The second-order valence-electron chi connectivity index (χ2n) is 4.79. The Morgan fingerprint density at radius 1 is 1.04 bits per heavy atom. The van der Waals surface area contributed by atoms with Crippen LogP contribution in [0, 0.1) is 20.2 Å². The number of nitrogens with two attached hydrogens (primary N) is 1. The smallest absolute Gasteiger partial charge is 0.294 e. The third-order valence-corrected chi connectivity index (χ3v) is 3.15. The molecule has 0 saturated heterocycles. The zero-order valence-electron chi connectivity index (χ0n) is 12.4. The molecule has 0 spiro atoms. The third kappa shape index (κ3) is 3.87. The van der Waals surface area contributed by atoms with Gasteiger partial charge in [-0.1, -0.05) is 0 Å². The van der Waals surface area contributed by atoms with Crippen molar-refractivity contribution < 1.29 is 15.0 Å². The molecule has 0 fully saturated rings. The number of aliphatic hydroxyl groups excluding tert-OH is 1. The molecule has 0 aliphatic rings. The molecule has 2 aromatic rings. The lowest BCUT2D eigenvalue weighted by Crippen LogP contribution is -2.07. The number of hydrogen-bond acceptors (Lipinski definition) is 8. The number of nitrogens with one attached hydrogen (secondary N) is 2. The van der Waals surface area contributed by atoms with E-state index in [1.54, 1.807) is 6.07 Å². The number of nitro benzene ring substituents is 2. The molecular weight excluding hydrogens is 318 g/mol. The summed E-state index contributed by atoms with van der Waals surface area (Å²) in [6, 6.07) is 8.21. The standard InChI is InChI=1S/C14H15N5O5/c15-11-3-2-10(18(21)22)8-13(11)17-9-1-4-12(16-5-6-20)14(7-9)19(23)24/h1-4,7-8,16-17,20H,5-6,15H2. The fraction of sp³-hybridized carbons (Fsp3) is 0.143. The highest BCUT2D eigenvalue weighted by atomic mass is 16.6. The minimum absolute atomic E-state index is 0.151. The van der Waals surface area contributed by atoms with Crippen molar-refractivity contribution in [3.63, 3.8) is 0 Å². The molecule has 0 unspecified atom stereocenters. The van der Waals surface area contributed by atoms with Crippen LogP contribution in [0.25, 0.3) is 0 Å². The van der Waals surface area contributed by atoms with Crippen LogP contribution in [-0.4, -0.2) is 28.1 Å². The van der Waals surface area contributed by atoms with E-state index in [1.165, 1.54) is 30.3 Å². The van der Waals surface area contributed by atoms with Crippen molar-refractivity contribution in [2.75, 3.05) is 29.5 Å². The van der Waals surface area contributed by atoms with Crippen molar-refractivity contribution in [1.29, 1.82) is 0 Å². The Kier molecular flexibility index (Phi) is 5.12. The first-order valence-electron chi connectivity index (χ1n) is 6.86. The van der Waals surface area contributed by atoms with E-state index in [0.29, 0.717) is 5.69 Å². The highest BCUT2D eigenvalue weighted by Gasteiger charge is 2.15. The molecule has 0 aliphatic heterocycles. The van der Waals surface area contributed by atoms with Crippen LogP contribution >= 0.6 is 0 Å². The van der Waals surface area contributed by atoms with Gasteiger partial charge in [-0.05, 0) is 18.2 Å². The monoisotopic (exact) mass is 333 g/mol. The maximum absolute atomic E-state index is 11.2. The third-order valence-electron chi connectivity index (χ3n) is 3.15. The number of non-ortho nitro benzene ring substituents is 1. The van der Waals surface area contributed by atoms with Crippen LogP contribution in [0.1, 0.15) is 0 Å². The number of hydrogen-bond donors (Lipinski definition) is 4. The molecule has 0 atom stereocenters. The normalized spacial score (nSPS) is 10.2. The van der Waals surface area contributed by atoms with Gasteiger partial charge in [-0.2, -0.15) is 0 Å². The summed E-state index contributed by atoms with van der Waals surface area (Å²) < 4.78 is 0. The van der Waals surface area contributed by atoms with E-state index in [2.05, 4.69) is 10.6 Å². The van der Waals surface area contributed by atoms with E-state index in [4.69, 9.17) is 10.8 Å². The molecule has 126 valence electrons. The van der Waals surface area contributed by atoms with Crippen molar-refractivity contribution in [3.8, 4) is 0 Å². The fourth-order valence-corrected chi connectivity index (χ4v) is 2.02. The van der Waals surface area contributed by atoms with Gasteiger partial charge in [0.05, 0.1) is 27.8 Å². The first-order chi connectivity index (χ1) is 11.4. The molecule has 0 radical (unpaired) electrons. The van der Waals surface area contributed by atoms with Gasteiger partial charge in [0.15, 0.2) is 0 Å². The summed E-state index contributed by atoms with van der Waals surface area (Å²) in [5, 5.41) is 36.4. The SMILES string of the molecule is Nc1ccc([N+](=O)[O-])cc1Nc1ccc(NCCO)c([N+](=O)[O-])c1. The van der Waals surface area contributed by atoms with Gasteiger partial charge in [0.25, 0.3) is 11.4 Å². The van der Waals surface area contributed by atoms with Crippen LogP contribution in [0.2, 0.25) is 0 Å². The summed E-state index contributed by atoms with van der Waals surface area (Å²) >= 11 is 0. The highest BCUT2D eigenvalue weighted by molar-refractivity contribution is 5.77. The van der Waals surface area contributed by atoms with Crippen LogP contribution in [0.15, 0.2) is 36.4 Å². The Balaban J connectivity index is 2.33. The number of aliphatic hydroxyl groups is 1. The van der Waals surface area contributed by atoms with Crippen molar-refractivity contribution in [2.24, 2.45) is 0 Å². The minimum Gasteiger partial charge on any atom is -0.397 e. The number of nitrogens with zero attached hydrogens (tertiary/aromatic N) is 2. The molecule has 0 aromatic heterocycles. The molecular formula is C14H15N5O5. The van der Waals surface area contributed by atoms with Crippen LogP contribution in [0.5, 0.6) is 0 Å². The first-order valence-corrected chi connectivity index (χ1v) is 6.86. The van der Waals surface area contributed by atoms with E-state index >= 15 is 0 Å². The van der Waals surface area contributed by atoms with E-state index in [-0.39, 0.29) is 41.6 Å². The minimum atomic E-state index is -0.568. The number of anilines is 4. The molecule has 2 aromatic carbocycles. The Hall–Kier alpha value is -3.40. The van der Waals surface area contributed by atoms with Crippen molar-refractivity contribution in [3.05, 3.63) is 56.6 Å². The summed E-state index contributed by atoms with van der Waals surface area (Å²) in [5.74, 6) is 0. The predicted molar refractivity (Wildman–Crippen MR) is 89.5 cm³/mol. The molecule has 2 rings (SSSR count). The molecule has 24 heavy (non-hydrogen) atoms. The van der Waals surface area contributed by atoms with Crippen LogP contribution in [0.3, 0.4) is 0 Å². The van der Waals surface area contributed by atoms with Crippen LogP contribution in [-0.2, 0) is 0 Å². The molecule has 10 nitrogen and oxygen atoms in total. The van der Waals surface area contributed by atoms with Gasteiger partial charge >= 0.3 is 0 Å². The predicted octanol–water partition coefficient (Wildman–Crippen LogP) is 2.23. The number of nitrogen functional groups attached to an aromatic ring is 1. The van der Waals surface area contributed by atoms with Crippen molar-refractivity contribution in [2.45, 2.75) is 0 Å². The lowest BCUT2D eigenvalue weighted by molar-refractivity contribution is -0.384. The Morgan fingerprint density at radius 2 is 1.79 bits per heavy atom. The summed E-state index contributed by atoms with van der Waals surface area (Å²) in [7, 11) is 0. The molecule has 0 amide bonds. The van der Waals surface area contributed by atoms with Gasteiger partial charge in [-0.25, -0.2) is 0 Å². The molecule has 5 N–H and O–H groups in total. The zero-order chi connectivity index (χ0) is 17.7. The van der Waals surface area contributed by atoms with Gasteiger partial charge in [0.1, 0.15) is 5.69 Å². The summed E-state index contributed by atoms with van der Waals surface area (Å²) in [6.07, 6.45) is 0. The zero-order valence-corrected chi connectivity index (χ0v) is 12.4. The quantitative estimate of drug-likeness (QED) is 0.341. The molecule has 10 heteroatoms. The first kappa shape index (κ1) is 17.0. The Labute approximate surface area is 136 Å². The lowest BCUT2D eigenvalue weighted by atomic mass is 10.2. The van der Waals surface area contributed by atoms with Crippen LogP contribution in [0.4, 0.5) is 34.1 Å². The van der Waals surface area contributed by atoms with E-state index < -0.39 is 9.85 Å². The van der Waals surface area contributed by atoms with E-state index in [9.17, 15) is 20.2 Å². The van der Waals surface area contributed by atoms with E-state index in [0.717, 1.165) is 0 Å². The number of nitro groups is 2. The topological polar surface area (TPSA) is 157 Å². The second-order valence-corrected chi connectivity index (χ2v) is 4.79. The summed E-state index contributed by atoms with van der Waals surface area (Å²) in [5.41, 5.74) is 6.57.